The second-order valence-corrected chi connectivity index (χ2v) is 8.81. The molecule has 1 saturated carbocycles. The molecular formula is C22H28N2O2S. The summed E-state index contributed by atoms with van der Waals surface area (Å²) in [5.74, 6) is -0.775. The number of nitrogens with zero attached hydrogens (tertiary/aromatic N) is 1. The summed E-state index contributed by atoms with van der Waals surface area (Å²) in [6, 6.07) is 13.9. The van der Waals surface area contributed by atoms with E-state index in [1.54, 1.807) is 0 Å². The molecule has 2 aromatic rings. The normalized spacial score (nSPS) is 24.3. The van der Waals surface area contributed by atoms with Crippen LogP contribution < -0.4 is 5.32 Å². The zero-order chi connectivity index (χ0) is 18.6. The van der Waals surface area contributed by atoms with Crippen molar-refractivity contribution in [2.45, 2.75) is 50.7 Å². The lowest BCUT2D eigenvalue weighted by Gasteiger charge is -2.36. The number of thiophene rings is 1. The SMILES string of the molecule is O=C(O)C1CCC(NCC(c2ccccc2)N2CCc3sccc3C2)CC1. The summed E-state index contributed by atoms with van der Waals surface area (Å²) in [5.41, 5.74) is 2.84. The minimum Gasteiger partial charge on any atom is -0.481 e. The van der Waals surface area contributed by atoms with Gasteiger partial charge in [-0.25, -0.2) is 0 Å². The van der Waals surface area contributed by atoms with Crippen molar-refractivity contribution < 1.29 is 9.90 Å². The quantitative estimate of drug-likeness (QED) is 0.788. The predicted octanol–water partition coefficient (Wildman–Crippen LogP) is 4.08. The number of fused-ring (bicyclic) bond motifs is 1. The number of carboxylic acid groups (broad SMARTS) is 1. The van der Waals surface area contributed by atoms with Gasteiger partial charge in [0.1, 0.15) is 0 Å². The van der Waals surface area contributed by atoms with Crippen LogP contribution in [0.5, 0.6) is 0 Å². The van der Waals surface area contributed by atoms with E-state index in [0.717, 1.165) is 51.7 Å². The molecule has 144 valence electrons. The van der Waals surface area contributed by atoms with Gasteiger partial charge in [0, 0.05) is 36.6 Å². The topological polar surface area (TPSA) is 52.6 Å². The second-order valence-electron chi connectivity index (χ2n) is 7.81. The minimum atomic E-state index is -0.629. The molecule has 0 bridgehead atoms. The standard InChI is InChI=1S/C22H28N2O2S/c25-22(26)17-6-8-19(9-7-17)23-14-20(16-4-2-1-3-5-16)24-12-10-21-18(15-24)11-13-27-21/h1-5,11,13,17,19-20,23H,6-10,12,14-15H2,(H,25,26). The zero-order valence-electron chi connectivity index (χ0n) is 15.6. The highest BCUT2D eigenvalue weighted by atomic mass is 32.1. The summed E-state index contributed by atoms with van der Waals surface area (Å²) in [6.07, 6.45) is 4.66. The fraction of sp³-hybridized carbons (Fsp3) is 0.500. The Morgan fingerprint density at radius 3 is 2.70 bits per heavy atom. The van der Waals surface area contributed by atoms with Crippen molar-refractivity contribution in [1.29, 1.82) is 0 Å². The molecule has 2 aliphatic rings. The van der Waals surface area contributed by atoms with Crippen LogP contribution in [0.3, 0.4) is 0 Å². The van der Waals surface area contributed by atoms with E-state index in [0.29, 0.717) is 12.1 Å². The van der Waals surface area contributed by atoms with Crippen molar-refractivity contribution in [3.63, 3.8) is 0 Å². The van der Waals surface area contributed by atoms with Gasteiger partial charge in [-0.05, 0) is 54.7 Å². The Labute approximate surface area is 165 Å². The lowest BCUT2D eigenvalue weighted by Crippen LogP contribution is -2.43. The van der Waals surface area contributed by atoms with Crippen LogP contribution in [0.15, 0.2) is 41.8 Å². The number of aliphatic carboxylic acids is 1. The van der Waals surface area contributed by atoms with Gasteiger partial charge in [0.15, 0.2) is 0 Å². The maximum Gasteiger partial charge on any atom is 0.306 e. The average molecular weight is 385 g/mol. The molecule has 5 heteroatoms. The molecule has 1 fully saturated rings. The van der Waals surface area contributed by atoms with Crippen molar-refractivity contribution in [1.82, 2.24) is 10.2 Å². The average Bonchev–Trinajstić information content (AvgIpc) is 3.17. The molecule has 1 aliphatic heterocycles. The molecule has 0 amide bonds. The fourth-order valence-corrected chi connectivity index (χ4v) is 5.38. The Hall–Kier alpha value is -1.69. The van der Waals surface area contributed by atoms with Gasteiger partial charge in [0.05, 0.1) is 5.92 Å². The summed E-state index contributed by atoms with van der Waals surface area (Å²) < 4.78 is 0. The van der Waals surface area contributed by atoms with E-state index in [4.69, 9.17) is 0 Å². The Kier molecular flexibility index (Phi) is 5.91. The first-order valence-electron chi connectivity index (χ1n) is 10.0. The van der Waals surface area contributed by atoms with E-state index in [9.17, 15) is 9.90 Å². The summed E-state index contributed by atoms with van der Waals surface area (Å²) in [5, 5.41) is 15.2. The number of hydrogen-bond acceptors (Lipinski definition) is 4. The zero-order valence-corrected chi connectivity index (χ0v) is 16.5. The highest BCUT2D eigenvalue weighted by molar-refractivity contribution is 7.10. The molecule has 1 atom stereocenters. The second kappa shape index (κ2) is 8.55. The first-order valence-corrected chi connectivity index (χ1v) is 10.9. The van der Waals surface area contributed by atoms with Gasteiger partial charge < -0.3 is 10.4 Å². The van der Waals surface area contributed by atoms with Crippen LogP contribution in [0, 0.1) is 5.92 Å². The molecule has 4 rings (SSSR count). The third kappa shape index (κ3) is 4.42. The summed E-state index contributed by atoms with van der Waals surface area (Å²) in [6.45, 7) is 3.04. The first kappa shape index (κ1) is 18.7. The van der Waals surface area contributed by atoms with Crippen LogP contribution >= 0.6 is 11.3 Å². The molecule has 4 nitrogen and oxygen atoms in total. The van der Waals surface area contributed by atoms with Gasteiger partial charge in [-0.2, -0.15) is 0 Å². The molecule has 1 aromatic carbocycles. The molecule has 27 heavy (non-hydrogen) atoms. The molecule has 1 unspecified atom stereocenters. The monoisotopic (exact) mass is 384 g/mol. The Balaban J connectivity index is 1.41. The summed E-state index contributed by atoms with van der Waals surface area (Å²) >= 11 is 1.88. The van der Waals surface area contributed by atoms with Crippen LogP contribution in [0.1, 0.15) is 47.7 Å². The molecule has 2 N–H and O–H groups in total. The molecule has 0 spiro atoms. The van der Waals surface area contributed by atoms with E-state index >= 15 is 0 Å². The number of carboxylic acids is 1. The third-order valence-corrected chi connectivity index (χ3v) is 7.16. The van der Waals surface area contributed by atoms with E-state index in [1.807, 2.05) is 11.3 Å². The fourth-order valence-electron chi connectivity index (χ4n) is 4.49. The Bertz CT molecular complexity index is 753. The maximum atomic E-state index is 11.2. The van der Waals surface area contributed by atoms with Gasteiger partial charge in [-0.1, -0.05) is 30.3 Å². The number of carbonyl (C=O) groups is 1. The lowest BCUT2D eigenvalue weighted by molar-refractivity contribution is -0.142. The van der Waals surface area contributed by atoms with E-state index < -0.39 is 5.97 Å². The van der Waals surface area contributed by atoms with Gasteiger partial charge in [-0.15, -0.1) is 11.3 Å². The van der Waals surface area contributed by atoms with Crippen LogP contribution in [0.4, 0.5) is 0 Å². The molecule has 1 aliphatic carbocycles. The van der Waals surface area contributed by atoms with Crippen LogP contribution in [0.2, 0.25) is 0 Å². The first-order chi connectivity index (χ1) is 13.2. The van der Waals surface area contributed by atoms with Crippen molar-refractivity contribution in [2.24, 2.45) is 5.92 Å². The van der Waals surface area contributed by atoms with Crippen molar-refractivity contribution in [3.8, 4) is 0 Å². The van der Waals surface area contributed by atoms with Gasteiger partial charge in [0.25, 0.3) is 0 Å². The molecule has 0 saturated heterocycles. The molecule has 2 heterocycles. The van der Waals surface area contributed by atoms with Gasteiger partial charge in [-0.3, -0.25) is 9.69 Å². The lowest BCUT2D eigenvalue weighted by atomic mass is 9.86. The largest absolute Gasteiger partial charge is 0.481 e. The predicted molar refractivity (Wildman–Crippen MR) is 109 cm³/mol. The summed E-state index contributed by atoms with van der Waals surface area (Å²) in [7, 11) is 0. The minimum absolute atomic E-state index is 0.146. The van der Waals surface area contributed by atoms with E-state index in [-0.39, 0.29) is 5.92 Å². The van der Waals surface area contributed by atoms with Crippen molar-refractivity contribution in [3.05, 3.63) is 57.8 Å². The van der Waals surface area contributed by atoms with E-state index in [1.165, 1.54) is 16.0 Å². The number of nitrogens with one attached hydrogen (secondary N) is 1. The smallest absolute Gasteiger partial charge is 0.306 e. The highest BCUT2D eigenvalue weighted by Gasteiger charge is 2.28. The number of hydrogen-bond donors (Lipinski definition) is 2. The van der Waals surface area contributed by atoms with Crippen LogP contribution in [-0.4, -0.2) is 35.1 Å². The van der Waals surface area contributed by atoms with Crippen molar-refractivity contribution >= 4 is 17.3 Å². The van der Waals surface area contributed by atoms with Crippen LogP contribution in [-0.2, 0) is 17.8 Å². The molecule has 1 aromatic heterocycles. The van der Waals surface area contributed by atoms with Gasteiger partial charge >= 0.3 is 5.97 Å². The Morgan fingerprint density at radius 1 is 1.19 bits per heavy atom. The maximum absolute atomic E-state index is 11.2. The van der Waals surface area contributed by atoms with Crippen molar-refractivity contribution in [2.75, 3.05) is 13.1 Å². The Morgan fingerprint density at radius 2 is 1.96 bits per heavy atom. The van der Waals surface area contributed by atoms with Gasteiger partial charge in [0.2, 0.25) is 0 Å². The van der Waals surface area contributed by atoms with E-state index in [2.05, 4.69) is 52.0 Å². The molecule has 0 radical (unpaired) electrons. The number of rotatable bonds is 6. The highest BCUT2D eigenvalue weighted by Crippen LogP contribution is 2.31. The number of benzene rings is 1. The third-order valence-electron chi connectivity index (χ3n) is 6.14. The van der Waals surface area contributed by atoms with Crippen LogP contribution in [0.25, 0.3) is 0 Å². The summed E-state index contributed by atoms with van der Waals surface area (Å²) in [4.78, 5) is 15.3. The molecular weight excluding hydrogens is 356 g/mol.